The number of nitrogens with one attached hydrogen (secondary N) is 1. The van der Waals surface area contributed by atoms with E-state index in [9.17, 15) is 0 Å². The third-order valence-corrected chi connectivity index (χ3v) is 5.29. The van der Waals surface area contributed by atoms with Gasteiger partial charge in [0, 0.05) is 36.9 Å². The van der Waals surface area contributed by atoms with Gasteiger partial charge in [0.25, 0.3) is 0 Å². The Balaban J connectivity index is 1.55. The quantitative estimate of drug-likeness (QED) is 0.948. The molecule has 5 heteroatoms. The van der Waals surface area contributed by atoms with Gasteiger partial charge < -0.3 is 14.5 Å². The summed E-state index contributed by atoms with van der Waals surface area (Å²) in [6.45, 7) is 5.70. The first-order valence-electron chi connectivity index (χ1n) is 8.58. The Bertz CT molecular complexity index is 627. The van der Waals surface area contributed by atoms with Crippen molar-refractivity contribution >= 4 is 0 Å². The van der Waals surface area contributed by atoms with Gasteiger partial charge >= 0.3 is 0 Å². The standard InChI is InChI=1S/C17H25N5/c1-13-11-19-16(20-13)17-18-7-10-22(17)12-14-5-4-9-21-8-3-2-6-15(14)21/h7,10-11,14-15H,2-6,8-9,12H2,1H3,(H,19,20)/t14-,15+/m0/s1. The minimum absolute atomic E-state index is 0.748. The number of aromatic nitrogens is 4. The molecule has 1 N–H and O–H groups in total. The Hall–Kier alpha value is -1.62. The van der Waals surface area contributed by atoms with Crippen molar-refractivity contribution in [2.45, 2.75) is 51.6 Å². The van der Waals surface area contributed by atoms with E-state index >= 15 is 0 Å². The molecule has 0 unspecified atom stereocenters. The van der Waals surface area contributed by atoms with Crippen molar-refractivity contribution in [3.05, 3.63) is 24.3 Å². The molecule has 2 saturated heterocycles. The minimum atomic E-state index is 0.748. The van der Waals surface area contributed by atoms with Crippen LogP contribution in [0.25, 0.3) is 11.6 Å². The van der Waals surface area contributed by atoms with Crippen molar-refractivity contribution in [3.8, 4) is 11.6 Å². The zero-order valence-electron chi connectivity index (χ0n) is 13.3. The molecule has 0 saturated carbocycles. The number of hydrogen-bond acceptors (Lipinski definition) is 3. The van der Waals surface area contributed by atoms with Gasteiger partial charge in [0.2, 0.25) is 0 Å². The van der Waals surface area contributed by atoms with Crippen LogP contribution in [0.15, 0.2) is 18.6 Å². The summed E-state index contributed by atoms with van der Waals surface area (Å²) in [4.78, 5) is 15.0. The lowest BCUT2D eigenvalue weighted by molar-refractivity contribution is 0.0521. The molecule has 2 aromatic heterocycles. The normalized spacial score (nSPS) is 26.0. The lowest BCUT2D eigenvalue weighted by atomic mass is 9.83. The van der Waals surface area contributed by atoms with Crippen LogP contribution in [0, 0.1) is 12.8 Å². The molecule has 2 aliphatic rings. The molecule has 2 atom stereocenters. The van der Waals surface area contributed by atoms with Gasteiger partial charge in [-0.1, -0.05) is 6.42 Å². The lowest BCUT2D eigenvalue weighted by Gasteiger charge is -2.44. The molecule has 0 aliphatic carbocycles. The van der Waals surface area contributed by atoms with E-state index in [1.807, 2.05) is 19.3 Å². The molecule has 118 valence electrons. The fourth-order valence-corrected chi connectivity index (χ4v) is 4.24. The van der Waals surface area contributed by atoms with Crippen molar-refractivity contribution in [2.24, 2.45) is 5.92 Å². The average molecular weight is 299 g/mol. The number of imidazole rings is 2. The summed E-state index contributed by atoms with van der Waals surface area (Å²) in [7, 11) is 0. The van der Waals surface area contributed by atoms with Crippen LogP contribution in [0.4, 0.5) is 0 Å². The van der Waals surface area contributed by atoms with Crippen molar-refractivity contribution in [1.82, 2.24) is 24.4 Å². The number of aromatic amines is 1. The summed E-state index contributed by atoms with van der Waals surface area (Å²) in [6.07, 6.45) is 12.7. The van der Waals surface area contributed by atoms with Crippen molar-refractivity contribution in [3.63, 3.8) is 0 Å². The van der Waals surface area contributed by atoms with E-state index in [1.54, 1.807) is 0 Å². The first-order valence-corrected chi connectivity index (χ1v) is 8.58. The number of piperidine rings is 2. The van der Waals surface area contributed by atoms with E-state index in [1.165, 1.54) is 45.2 Å². The molecule has 2 aromatic rings. The molecule has 22 heavy (non-hydrogen) atoms. The van der Waals surface area contributed by atoms with Crippen LogP contribution in [0.2, 0.25) is 0 Å². The van der Waals surface area contributed by atoms with E-state index in [0.29, 0.717) is 0 Å². The fraction of sp³-hybridized carbons (Fsp3) is 0.647. The summed E-state index contributed by atoms with van der Waals surface area (Å²) in [5, 5.41) is 0. The molecular formula is C17H25N5. The Morgan fingerprint density at radius 3 is 2.95 bits per heavy atom. The minimum Gasteiger partial charge on any atom is -0.340 e. The van der Waals surface area contributed by atoms with Gasteiger partial charge in [0.1, 0.15) is 0 Å². The van der Waals surface area contributed by atoms with Crippen molar-refractivity contribution in [1.29, 1.82) is 0 Å². The number of nitrogens with zero attached hydrogens (tertiary/aromatic N) is 4. The maximum Gasteiger partial charge on any atom is 0.176 e. The second-order valence-electron chi connectivity index (χ2n) is 6.82. The van der Waals surface area contributed by atoms with Gasteiger partial charge in [-0.3, -0.25) is 0 Å². The summed E-state index contributed by atoms with van der Waals surface area (Å²) < 4.78 is 2.29. The Labute approximate surface area is 131 Å². The molecule has 2 fully saturated rings. The van der Waals surface area contributed by atoms with Crippen LogP contribution >= 0.6 is 0 Å². The summed E-state index contributed by atoms with van der Waals surface area (Å²) >= 11 is 0. The SMILES string of the molecule is Cc1cnc(-c2nccn2C[C@@H]2CCCN3CCCC[C@H]23)[nH]1. The van der Waals surface area contributed by atoms with Crippen LogP contribution in [0.1, 0.15) is 37.8 Å². The molecule has 0 spiro atoms. The number of hydrogen-bond donors (Lipinski definition) is 1. The van der Waals surface area contributed by atoms with Gasteiger partial charge in [0.05, 0.1) is 0 Å². The number of aryl methyl sites for hydroxylation is 1. The number of H-pyrrole nitrogens is 1. The highest BCUT2D eigenvalue weighted by atomic mass is 15.2. The summed E-state index contributed by atoms with van der Waals surface area (Å²) in [5.74, 6) is 2.61. The molecule has 0 amide bonds. The van der Waals surface area contributed by atoms with E-state index in [2.05, 4.69) is 30.6 Å². The predicted octanol–water partition coefficient (Wildman–Crippen LogP) is 2.85. The van der Waals surface area contributed by atoms with Gasteiger partial charge in [-0.25, -0.2) is 9.97 Å². The molecule has 2 aliphatic heterocycles. The van der Waals surface area contributed by atoms with Gasteiger partial charge in [-0.05, 0) is 51.6 Å². The smallest absolute Gasteiger partial charge is 0.176 e. The van der Waals surface area contributed by atoms with Crippen molar-refractivity contribution < 1.29 is 0 Å². The summed E-state index contributed by atoms with van der Waals surface area (Å²) in [5.41, 5.74) is 1.08. The first kappa shape index (κ1) is 14.0. The molecule has 4 rings (SSSR count). The second kappa shape index (κ2) is 5.88. The third-order valence-electron chi connectivity index (χ3n) is 5.29. The third kappa shape index (κ3) is 2.58. The zero-order valence-corrected chi connectivity index (χ0v) is 13.3. The molecule has 5 nitrogen and oxygen atoms in total. The van der Waals surface area contributed by atoms with Crippen LogP contribution in [-0.2, 0) is 6.54 Å². The van der Waals surface area contributed by atoms with Crippen LogP contribution in [-0.4, -0.2) is 43.6 Å². The zero-order chi connectivity index (χ0) is 14.9. The van der Waals surface area contributed by atoms with E-state index < -0.39 is 0 Å². The Kier molecular flexibility index (Phi) is 3.74. The molecule has 0 bridgehead atoms. The molecule has 4 heterocycles. The largest absolute Gasteiger partial charge is 0.340 e. The number of fused-ring (bicyclic) bond motifs is 1. The topological polar surface area (TPSA) is 49.7 Å². The van der Waals surface area contributed by atoms with Crippen molar-refractivity contribution in [2.75, 3.05) is 13.1 Å². The summed E-state index contributed by atoms with van der Waals surface area (Å²) in [6, 6.07) is 0.774. The first-order chi connectivity index (χ1) is 10.8. The lowest BCUT2D eigenvalue weighted by Crippen LogP contribution is -2.49. The second-order valence-corrected chi connectivity index (χ2v) is 6.82. The highest BCUT2D eigenvalue weighted by Gasteiger charge is 2.33. The maximum atomic E-state index is 4.52. The highest BCUT2D eigenvalue weighted by Crippen LogP contribution is 2.32. The van der Waals surface area contributed by atoms with E-state index in [0.717, 1.165) is 35.8 Å². The Morgan fingerprint density at radius 1 is 1.18 bits per heavy atom. The van der Waals surface area contributed by atoms with Gasteiger partial charge in [0.15, 0.2) is 11.6 Å². The van der Waals surface area contributed by atoms with Crippen LogP contribution in [0.3, 0.4) is 0 Å². The maximum absolute atomic E-state index is 4.52. The van der Waals surface area contributed by atoms with E-state index in [-0.39, 0.29) is 0 Å². The van der Waals surface area contributed by atoms with E-state index in [4.69, 9.17) is 0 Å². The van der Waals surface area contributed by atoms with Gasteiger partial charge in [-0.2, -0.15) is 0 Å². The van der Waals surface area contributed by atoms with Gasteiger partial charge in [-0.15, -0.1) is 0 Å². The molecule has 0 radical (unpaired) electrons. The molecule has 0 aromatic carbocycles. The molecular weight excluding hydrogens is 274 g/mol. The monoisotopic (exact) mass is 299 g/mol. The fourth-order valence-electron chi connectivity index (χ4n) is 4.24. The average Bonchev–Trinajstić information content (AvgIpc) is 3.16. The van der Waals surface area contributed by atoms with Crippen LogP contribution in [0.5, 0.6) is 0 Å². The number of rotatable bonds is 3. The van der Waals surface area contributed by atoms with Crippen LogP contribution < -0.4 is 0 Å². The predicted molar refractivity (Wildman–Crippen MR) is 86.5 cm³/mol. The Morgan fingerprint density at radius 2 is 2.09 bits per heavy atom. The highest BCUT2D eigenvalue weighted by molar-refractivity contribution is 5.44.